The number of oxazole rings is 1. The second-order valence-corrected chi connectivity index (χ2v) is 6.18. The van der Waals surface area contributed by atoms with Gasteiger partial charge in [0.25, 0.3) is 5.91 Å². The van der Waals surface area contributed by atoms with Crippen LogP contribution in [0.5, 0.6) is 0 Å². The van der Waals surface area contributed by atoms with Crippen LogP contribution >= 0.6 is 0 Å². The van der Waals surface area contributed by atoms with E-state index in [0.717, 1.165) is 24.2 Å². The maximum Gasteiger partial charge on any atom is 0.275 e. The molecule has 0 radical (unpaired) electrons. The number of nitrogens with zero attached hydrogens (tertiary/aromatic N) is 5. The molecular formula is C18H18FN5O2. The van der Waals surface area contributed by atoms with Gasteiger partial charge in [-0.2, -0.15) is 5.10 Å². The number of halogens is 1. The van der Waals surface area contributed by atoms with Crippen molar-refractivity contribution in [2.45, 2.75) is 32.9 Å². The third-order valence-corrected chi connectivity index (χ3v) is 4.49. The zero-order valence-corrected chi connectivity index (χ0v) is 14.4. The fraction of sp³-hybridized carbons (Fsp3) is 0.333. The van der Waals surface area contributed by atoms with E-state index in [0.29, 0.717) is 30.9 Å². The molecule has 134 valence electrons. The lowest BCUT2D eigenvalue weighted by molar-refractivity contribution is 0.0722. The van der Waals surface area contributed by atoms with E-state index < -0.39 is 11.7 Å². The number of aryl methyl sites for hydroxylation is 1. The minimum atomic E-state index is -0.610. The van der Waals surface area contributed by atoms with E-state index in [9.17, 15) is 9.18 Å². The summed E-state index contributed by atoms with van der Waals surface area (Å²) in [4.78, 5) is 22.4. The number of rotatable bonds is 4. The highest BCUT2D eigenvalue weighted by Crippen LogP contribution is 2.30. The molecule has 1 aliphatic rings. The Balaban J connectivity index is 1.70. The van der Waals surface area contributed by atoms with Crippen LogP contribution in [-0.2, 0) is 19.5 Å². The normalized spacial score (nSPS) is 13.7. The van der Waals surface area contributed by atoms with Crippen LogP contribution in [0.2, 0.25) is 0 Å². The smallest absolute Gasteiger partial charge is 0.275 e. The molecule has 1 aliphatic heterocycles. The van der Waals surface area contributed by atoms with E-state index >= 15 is 0 Å². The highest BCUT2D eigenvalue weighted by atomic mass is 19.1. The average Bonchev–Trinajstić information content (AvgIpc) is 3.30. The first-order valence-corrected chi connectivity index (χ1v) is 8.56. The Morgan fingerprint density at radius 2 is 2.27 bits per heavy atom. The molecule has 0 atom stereocenters. The zero-order valence-electron chi connectivity index (χ0n) is 14.4. The van der Waals surface area contributed by atoms with Crippen LogP contribution in [0.1, 0.15) is 35.1 Å². The van der Waals surface area contributed by atoms with Crippen LogP contribution in [-0.4, -0.2) is 37.1 Å². The molecule has 26 heavy (non-hydrogen) atoms. The molecule has 0 spiro atoms. The minimum Gasteiger partial charge on any atom is -0.451 e. The SMILES string of the molecule is CCCn1nc(-c2cocn2)c2c1CCN(C(=O)c1ncccc1F)C2. The molecule has 0 N–H and O–H groups in total. The Kier molecular flexibility index (Phi) is 4.24. The maximum absolute atomic E-state index is 13.9. The van der Waals surface area contributed by atoms with Gasteiger partial charge in [-0.1, -0.05) is 6.92 Å². The number of hydrogen-bond donors (Lipinski definition) is 0. The molecule has 4 rings (SSSR count). The molecule has 4 heterocycles. The second-order valence-electron chi connectivity index (χ2n) is 6.18. The molecule has 0 saturated heterocycles. The first kappa shape index (κ1) is 16.4. The van der Waals surface area contributed by atoms with Crippen molar-refractivity contribution in [3.8, 4) is 11.4 Å². The molecule has 1 amide bonds. The first-order chi connectivity index (χ1) is 12.7. The number of carbonyl (C=O) groups is 1. The molecule has 0 bridgehead atoms. The lowest BCUT2D eigenvalue weighted by Gasteiger charge is -2.27. The molecule has 8 heteroatoms. The lowest BCUT2D eigenvalue weighted by atomic mass is 10.0. The van der Waals surface area contributed by atoms with Crippen LogP contribution in [0, 0.1) is 5.82 Å². The van der Waals surface area contributed by atoms with Crippen molar-refractivity contribution >= 4 is 5.91 Å². The number of aromatic nitrogens is 4. The fourth-order valence-electron chi connectivity index (χ4n) is 3.29. The zero-order chi connectivity index (χ0) is 18.1. The number of carbonyl (C=O) groups excluding carboxylic acids is 1. The van der Waals surface area contributed by atoms with Gasteiger partial charge >= 0.3 is 0 Å². The summed E-state index contributed by atoms with van der Waals surface area (Å²) in [5, 5.41) is 4.67. The summed E-state index contributed by atoms with van der Waals surface area (Å²) in [6.45, 7) is 3.72. The molecule has 0 aliphatic carbocycles. The summed E-state index contributed by atoms with van der Waals surface area (Å²) in [7, 11) is 0. The highest BCUT2D eigenvalue weighted by molar-refractivity contribution is 5.92. The van der Waals surface area contributed by atoms with Gasteiger partial charge in [0.1, 0.15) is 17.7 Å². The standard InChI is InChI=1S/C18H18FN5O2/c1-2-7-24-15-5-8-23(18(25)17-13(19)4-3-6-20-17)9-12(15)16(22-24)14-10-26-11-21-14/h3-4,6,10-11H,2,5,7-9H2,1H3. The topological polar surface area (TPSA) is 77.0 Å². The molecule has 0 fully saturated rings. The minimum absolute atomic E-state index is 0.153. The van der Waals surface area contributed by atoms with Gasteiger partial charge in [0.15, 0.2) is 17.9 Å². The van der Waals surface area contributed by atoms with Gasteiger partial charge < -0.3 is 9.32 Å². The Bertz CT molecular complexity index is 935. The molecular weight excluding hydrogens is 337 g/mol. The third-order valence-electron chi connectivity index (χ3n) is 4.49. The summed E-state index contributed by atoms with van der Waals surface area (Å²) in [6, 6.07) is 2.72. The predicted molar refractivity (Wildman–Crippen MR) is 90.7 cm³/mol. The predicted octanol–water partition coefficient (Wildman–Crippen LogP) is 2.68. The fourth-order valence-corrected chi connectivity index (χ4v) is 3.29. The first-order valence-electron chi connectivity index (χ1n) is 8.56. The Labute approximate surface area is 149 Å². The van der Waals surface area contributed by atoms with E-state index in [1.165, 1.54) is 31.0 Å². The monoisotopic (exact) mass is 355 g/mol. The van der Waals surface area contributed by atoms with Crippen molar-refractivity contribution in [3.05, 3.63) is 53.8 Å². The molecule has 0 unspecified atom stereocenters. The molecule has 3 aromatic heterocycles. The number of hydrogen-bond acceptors (Lipinski definition) is 5. The molecule has 0 saturated carbocycles. The van der Waals surface area contributed by atoms with Gasteiger partial charge in [0.2, 0.25) is 0 Å². The van der Waals surface area contributed by atoms with E-state index in [4.69, 9.17) is 4.42 Å². The van der Waals surface area contributed by atoms with Crippen LogP contribution < -0.4 is 0 Å². The lowest BCUT2D eigenvalue weighted by Crippen LogP contribution is -2.37. The summed E-state index contributed by atoms with van der Waals surface area (Å²) >= 11 is 0. The van der Waals surface area contributed by atoms with Crippen LogP contribution in [0.4, 0.5) is 4.39 Å². The summed E-state index contributed by atoms with van der Waals surface area (Å²) in [5.41, 5.74) is 3.22. The summed E-state index contributed by atoms with van der Waals surface area (Å²) in [6.07, 6.45) is 5.92. The number of pyridine rings is 1. The Morgan fingerprint density at radius 3 is 3.00 bits per heavy atom. The van der Waals surface area contributed by atoms with Gasteiger partial charge in [-0.25, -0.2) is 14.4 Å². The summed E-state index contributed by atoms with van der Waals surface area (Å²) < 4.78 is 21.0. The van der Waals surface area contributed by atoms with Crippen LogP contribution in [0.15, 0.2) is 35.4 Å². The quantitative estimate of drug-likeness (QED) is 0.719. The van der Waals surface area contributed by atoms with Crippen molar-refractivity contribution < 1.29 is 13.6 Å². The summed E-state index contributed by atoms with van der Waals surface area (Å²) in [5.74, 6) is -1.02. The van der Waals surface area contributed by atoms with Crippen molar-refractivity contribution in [2.75, 3.05) is 6.54 Å². The molecule has 7 nitrogen and oxygen atoms in total. The van der Waals surface area contributed by atoms with Gasteiger partial charge in [0.05, 0.1) is 6.54 Å². The molecule has 3 aromatic rings. The third kappa shape index (κ3) is 2.77. The molecule has 0 aromatic carbocycles. The van der Waals surface area contributed by atoms with Crippen molar-refractivity contribution in [3.63, 3.8) is 0 Å². The second kappa shape index (κ2) is 6.70. The van der Waals surface area contributed by atoms with Gasteiger partial charge in [-0.15, -0.1) is 0 Å². The van der Waals surface area contributed by atoms with Crippen LogP contribution in [0.25, 0.3) is 11.4 Å². The number of amides is 1. The van der Waals surface area contributed by atoms with Crippen molar-refractivity contribution in [1.82, 2.24) is 24.6 Å². The van der Waals surface area contributed by atoms with Crippen LogP contribution in [0.3, 0.4) is 0 Å². The van der Waals surface area contributed by atoms with E-state index in [1.807, 2.05) is 4.68 Å². The van der Waals surface area contributed by atoms with E-state index in [-0.39, 0.29) is 5.69 Å². The van der Waals surface area contributed by atoms with Gasteiger partial charge in [-0.3, -0.25) is 9.48 Å². The largest absolute Gasteiger partial charge is 0.451 e. The van der Waals surface area contributed by atoms with E-state index in [1.54, 1.807) is 4.90 Å². The van der Waals surface area contributed by atoms with E-state index in [2.05, 4.69) is 22.0 Å². The number of fused-ring (bicyclic) bond motifs is 1. The van der Waals surface area contributed by atoms with Gasteiger partial charge in [0, 0.05) is 37.0 Å². The van der Waals surface area contributed by atoms with Crippen molar-refractivity contribution in [1.29, 1.82) is 0 Å². The Morgan fingerprint density at radius 1 is 1.38 bits per heavy atom. The Hall–Kier alpha value is -3.03. The highest BCUT2D eigenvalue weighted by Gasteiger charge is 2.30. The maximum atomic E-state index is 13.9. The average molecular weight is 355 g/mol. The van der Waals surface area contributed by atoms with Gasteiger partial charge in [-0.05, 0) is 18.6 Å². The van der Waals surface area contributed by atoms with Crippen molar-refractivity contribution in [2.24, 2.45) is 0 Å².